The molecule has 1 unspecified atom stereocenters. The molecular weight excluding hydrogens is 464 g/mol. The molecule has 3 rings (SSSR count). The van der Waals surface area contributed by atoms with Crippen molar-refractivity contribution >= 4 is 28.9 Å². The van der Waals surface area contributed by atoms with Crippen LogP contribution in [-0.2, 0) is 15.8 Å². The Morgan fingerprint density at radius 1 is 1.15 bits per heavy atom. The summed E-state index contributed by atoms with van der Waals surface area (Å²) in [4.78, 5) is 34.6. The fourth-order valence-electron chi connectivity index (χ4n) is 3.18. The van der Waals surface area contributed by atoms with Crippen molar-refractivity contribution in [1.29, 1.82) is 0 Å². The Balaban J connectivity index is 1.96. The lowest BCUT2D eigenvalue weighted by Gasteiger charge is -2.31. The second-order valence-corrected chi connectivity index (χ2v) is 6.81. The summed E-state index contributed by atoms with van der Waals surface area (Å²) in [5.41, 5.74) is -2.90. The first-order chi connectivity index (χ1) is 15.3. The lowest BCUT2D eigenvalue weighted by molar-refractivity contribution is -0.385. The first-order valence-corrected chi connectivity index (χ1v) is 9.05. The Morgan fingerprint density at radius 2 is 1.82 bits per heavy atom. The highest BCUT2D eigenvalue weighted by atomic mass is 19.4. The number of nitrogens with zero attached hydrogens (tertiary/aromatic N) is 2. The van der Waals surface area contributed by atoms with Gasteiger partial charge in [-0.05, 0) is 18.2 Å². The number of rotatable bonds is 4. The van der Waals surface area contributed by atoms with Gasteiger partial charge in [-0.25, -0.2) is 0 Å². The summed E-state index contributed by atoms with van der Waals surface area (Å²) in [5, 5.41) is 13.0. The summed E-state index contributed by atoms with van der Waals surface area (Å²) >= 11 is 0. The van der Waals surface area contributed by atoms with Crippen LogP contribution in [0.5, 0.6) is 5.75 Å². The minimum atomic E-state index is -5.11. The summed E-state index contributed by atoms with van der Waals surface area (Å²) in [6, 6.07) is 3.96. The number of anilines is 2. The van der Waals surface area contributed by atoms with E-state index in [4.69, 9.17) is 4.74 Å². The SMILES string of the molecule is O=C1CC(C(F)(F)F)N(C(=O)COc2ccc([N+](=O)[O-])cc2C(F)(F)F)c2ccccc2N1. The third kappa shape index (κ3) is 5.15. The van der Waals surface area contributed by atoms with Crippen molar-refractivity contribution in [3.05, 3.63) is 58.1 Å². The predicted molar refractivity (Wildman–Crippen MR) is 101 cm³/mol. The van der Waals surface area contributed by atoms with E-state index in [0.717, 1.165) is 6.07 Å². The van der Waals surface area contributed by atoms with Crippen LogP contribution in [0.2, 0.25) is 0 Å². The number of alkyl halides is 6. The van der Waals surface area contributed by atoms with E-state index in [0.29, 0.717) is 12.1 Å². The third-order valence-electron chi connectivity index (χ3n) is 4.61. The molecule has 1 N–H and O–H groups in total. The highest BCUT2D eigenvalue weighted by Crippen LogP contribution is 2.40. The van der Waals surface area contributed by atoms with Gasteiger partial charge in [0.25, 0.3) is 11.6 Å². The standard InChI is InChI=1S/C19H13F6N3O5/c20-18(21,22)11-7-10(28(31)32)5-6-14(11)33-9-17(30)27-13-4-2-1-3-12(13)26-16(29)8-15(27)19(23,24)25/h1-7,15H,8-9H2,(H,26,29). The number of carbonyl (C=O) groups excluding carboxylic acids is 2. The highest BCUT2D eigenvalue weighted by molar-refractivity contribution is 6.05. The van der Waals surface area contributed by atoms with Crippen molar-refractivity contribution in [3.8, 4) is 5.75 Å². The number of hydrogen-bond acceptors (Lipinski definition) is 5. The number of non-ortho nitro benzene ring substituents is 1. The van der Waals surface area contributed by atoms with Gasteiger partial charge in [-0.15, -0.1) is 0 Å². The lowest BCUT2D eigenvalue weighted by atomic mass is 10.1. The van der Waals surface area contributed by atoms with E-state index >= 15 is 0 Å². The highest BCUT2D eigenvalue weighted by Gasteiger charge is 2.49. The van der Waals surface area contributed by atoms with Crippen LogP contribution in [0.3, 0.4) is 0 Å². The normalized spacial score (nSPS) is 16.5. The zero-order chi connectivity index (χ0) is 24.6. The molecule has 14 heteroatoms. The van der Waals surface area contributed by atoms with Crippen LogP contribution in [0.1, 0.15) is 12.0 Å². The summed E-state index contributed by atoms with van der Waals surface area (Å²) in [7, 11) is 0. The van der Waals surface area contributed by atoms with Crippen LogP contribution in [0.25, 0.3) is 0 Å². The second-order valence-electron chi connectivity index (χ2n) is 6.81. The molecule has 0 aromatic heterocycles. The van der Waals surface area contributed by atoms with Crippen LogP contribution < -0.4 is 15.0 Å². The van der Waals surface area contributed by atoms with Gasteiger partial charge in [0.2, 0.25) is 5.91 Å². The maximum absolute atomic E-state index is 13.7. The molecule has 1 heterocycles. The summed E-state index contributed by atoms with van der Waals surface area (Å²) in [6.07, 6.45) is -11.3. The van der Waals surface area contributed by atoms with Crippen molar-refractivity contribution in [2.75, 3.05) is 16.8 Å². The molecule has 8 nitrogen and oxygen atoms in total. The van der Waals surface area contributed by atoms with Crippen molar-refractivity contribution in [2.45, 2.75) is 24.8 Å². The molecule has 2 aromatic carbocycles. The van der Waals surface area contributed by atoms with Gasteiger partial charge in [0.1, 0.15) is 17.4 Å². The number of halogens is 6. The van der Waals surface area contributed by atoms with E-state index in [1.165, 1.54) is 18.2 Å². The molecule has 1 atom stereocenters. The summed E-state index contributed by atoms with van der Waals surface area (Å²) in [5.74, 6) is -3.38. The molecule has 0 radical (unpaired) electrons. The number of benzene rings is 2. The zero-order valence-corrected chi connectivity index (χ0v) is 16.2. The van der Waals surface area contributed by atoms with Crippen molar-refractivity contribution in [1.82, 2.24) is 0 Å². The van der Waals surface area contributed by atoms with Crippen LogP contribution >= 0.6 is 0 Å². The van der Waals surface area contributed by atoms with Crippen LogP contribution in [0, 0.1) is 10.1 Å². The van der Waals surface area contributed by atoms with Crippen LogP contribution in [-0.4, -0.2) is 35.6 Å². The quantitative estimate of drug-likeness (QED) is 0.402. The molecular formula is C19H13F6N3O5. The molecule has 0 aliphatic carbocycles. The minimum Gasteiger partial charge on any atom is -0.483 e. The molecule has 1 aliphatic rings. The Labute approximate surface area is 180 Å². The molecule has 2 aromatic rings. The number of nitrogens with one attached hydrogen (secondary N) is 1. The van der Waals surface area contributed by atoms with E-state index in [1.54, 1.807) is 0 Å². The molecule has 0 saturated heterocycles. The Kier molecular flexibility index (Phi) is 6.20. The number of nitro groups is 1. The number of ether oxygens (including phenoxy) is 1. The molecule has 1 aliphatic heterocycles. The van der Waals surface area contributed by atoms with Gasteiger partial charge in [-0.2, -0.15) is 26.3 Å². The van der Waals surface area contributed by atoms with Crippen molar-refractivity contribution in [2.24, 2.45) is 0 Å². The third-order valence-corrected chi connectivity index (χ3v) is 4.61. The van der Waals surface area contributed by atoms with Gasteiger partial charge < -0.3 is 10.1 Å². The molecule has 33 heavy (non-hydrogen) atoms. The largest absolute Gasteiger partial charge is 0.483 e. The van der Waals surface area contributed by atoms with Gasteiger partial charge in [0, 0.05) is 12.1 Å². The average molecular weight is 477 g/mol. The number of amides is 2. The van der Waals surface area contributed by atoms with Gasteiger partial charge in [0.15, 0.2) is 6.61 Å². The number of hydrogen-bond donors (Lipinski definition) is 1. The smallest absolute Gasteiger partial charge is 0.420 e. The molecule has 2 amide bonds. The molecule has 0 saturated carbocycles. The van der Waals surface area contributed by atoms with Gasteiger partial charge in [-0.1, -0.05) is 12.1 Å². The fourth-order valence-corrected chi connectivity index (χ4v) is 3.18. The van der Waals surface area contributed by atoms with E-state index in [9.17, 15) is 46.0 Å². The Morgan fingerprint density at radius 3 is 2.42 bits per heavy atom. The van der Waals surface area contributed by atoms with Crippen molar-refractivity contribution < 1.29 is 45.6 Å². The number of para-hydroxylation sites is 2. The van der Waals surface area contributed by atoms with Gasteiger partial charge in [0.05, 0.1) is 22.7 Å². The number of carbonyl (C=O) groups is 2. The van der Waals surface area contributed by atoms with E-state index in [2.05, 4.69) is 5.32 Å². The van der Waals surface area contributed by atoms with Crippen molar-refractivity contribution in [3.63, 3.8) is 0 Å². The Hall–Kier alpha value is -3.84. The average Bonchev–Trinajstić information content (AvgIpc) is 2.86. The van der Waals surface area contributed by atoms with E-state index in [1.807, 2.05) is 0 Å². The van der Waals surface area contributed by atoms with Crippen LogP contribution in [0.15, 0.2) is 42.5 Å². The topological polar surface area (TPSA) is 102 Å². The van der Waals surface area contributed by atoms with E-state index in [-0.39, 0.29) is 22.3 Å². The van der Waals surface area contributed by atoms with E-state index < -0.39 is 65.2 Å². The fraction of sp³-hybridized carbons (Fsp3) is 0.263. The first-order valence-electron chi connectivity index (χ1n) is 9.05. The second kappa shape index (κ2) is 8.60. The maximum Gasteiger partial charge on any atom is 0.420 e. The monoisotopic (exact) mass is 477 g/mol. The number of nitro benzene ring substituents is 1. The Bertz CT molecular complexity index is 1100. The zero-order valence-electron chi connectivity index (χ0n) is 16.2. The molecule has 0 spiro atoms. The summed E-state index contributed by atoms with van der Waals surface area (Å²) < 4.78 is 85.8. The van der Waals surface area contributed by atoms with Gasteiger partial charge in [-0.3, -0.25) is 24.6 Å². The summed E-state index contributed by atoms with van der Waals surface area (Å²) in [6.45, 7) is -1.27. The molecule has 176 valence electrons. The predicted octanol–water partition coefficient (Wildman–Crippen LogP) is 4.30. The molecule has 0 fully saturated rings. The minimum absolute atomic E-state index is 0.103. The maximum atomic E-state index is 13.7. The first kappa shape index (κ1) is 23.8. The number of fused-ring (bicyclic) bond motifs is 1. The van der Waals surface area contributed by atoms with Crippen LogP contribution in [0.4, 0.5) is 43.4 Å². The van der Waals surface area contributed by atoms with Gasteiger partial charge >= 0.3 is 12.4 Å². The lowest BCUT2D eigenvalue weighted by Crippen LogP contribution is -2.51. The molecule has 0 bridgehead atoms.